The molecular weight excluding hydrogens is 342 g/mol. The molecular formula is C17H17N3O2S2. The third kappa shape index (κ3) is 4.72. The van der Waals surface area contributed by atoms with Crippen molar-refractivity contribution >= 4 is 21.5 Å². The van der Waals surface area contributed by atoms with Crippen LogP contribution in [-0.4, -0.2) is 13.4 Å². The Morgan fingerprint density at radius 1 is 0.875 bits per heavy atom. The number of hydrogen-bond acceptors (Lipinski definition) is 4. The molecule has 0 saturated heterocycles. The van der Waals surface area contributed by atoms with Gasteiger partial charge < -0.3 is 0 Å². The van der Waals surface area contributed by atoms with Gasteiger partial charge in [0, 0.05) is 24.2 Å². The summed E-state index contributed by atoms with van der Waals surface area (Å²) >= 11 is 1.52. The second kappa shape index (κ2) is 7.67. The van der Waals surface area contributed by atoms with Gasteiger partial charge in [0.2, 0.25) is 0 Å². The lowest BCUT2D eigenvalue weighted by Crippen LogP contribution is -2.35. The van der Waals surface area contributed by atoms with Crippen molar-refractivity contribution in [1.82, 2.24) is 14.4 Å². The first-order valence-corrected chi connectivity index (χ1v) is 9.71. The van der Waals surface area contributed by atoms with E-state index >= 15 is 0 Å². The highest BCUT2D eigenvalue weighted by Crippen LogP contribution is 2.26. The normalized spacial score (nSPS) is 11.5. The number of aromatic nitrogens is 1. The molecule has 0 bridgehead atoms. The zero-order valence-electron chi connectivity index (χ0n) is 12.8. The van der Waals surface area contributed by atoms with Crippen molar-refractivity contribution < 1.29 is 8.42 Å². The second-order valence-corrected chi connectivity index (χ2v) is 7.86. The van der Waals surface area contributed by atoms with Crippen molar-refractivity contribution in [1.29, 1.82) is 0 Å². The van der Waals surface area contributed by atoms with Crippen LogP contribution in [0.4, 0.5) is 0 Å². The largest absolute Gasteiger partial charge is 0.277 e. The third-order valence-corrected chi connectivity index (χ3v) is 5.48. The number of thiophene rings is 1. The Kier molecular flexibility index (Phi) is 5.37. The molecule has 2 N–H and O–H groups in total. The van der Waals surface area contributed by atoms with Gasteiger partial charge in [0.05, 0.1) is 10.6 Å². The summed E-state index contributed by atoms with van der Waals surface area (Å²) in [6, 6.07) is 19.0. The fourth-order valence-corrected chi connectivity index (χ4v) is 3.93. The van der Waals surface area contributed by atoms with E-state index in [1.165, 1.54) is 11.3 Å². The van der Waals surface area contributed by atoms with Crippen LogP contribution in [0.15, 0.2) is 66.9 Å². The Balaban J connectivity index is 1.56. The summed E-state index contributed by atoms with van der Waals surface area (Å²) in [5.41, 5.74) is 1.80. The first kappa shape index (κ1) is 16.8. The maximum Gasteiger partial charge on any atom is 0.277 e. The van der Waals surface area contributed by atoms with Crippen LogP contribution in [0, 0.1) is 0 Å². The SMILES string of the molecule is O=S(=O)(NCc1ccccc1)NCc1ccc(-c2ccccn2)s1. The number of nitrogens with one attached hydrogen (secondary N) is 2. The number of rotatable bonds is 7. The zero-order valence-corrected chi connectivity index (χ0v) is 14.5. The van der Waals surface area contributed by atoms with Crippen LogP contribution in [0.5, 0.6) is 0 Å². The summed E-state index contributed by atoms with van der Waals surface area (Å²) < 4.78 is 29.1. The van der Waals surface area contributed by atoms with E-state index < -0.39 is 10.2 Å². The van der Waals surface area contributed by atoms with Gasteiger partial charge in [0.15, 0.2) is 0 Å². The highest BCUT2D eigenvalue weighted by atomic mass is 32.2. The molecule has 0 fully saturated rings. The monoisotopic (exact) mass is 359 g/mol. The number of nitrogens with zero attached hydrogens (tertiary/aromatic N) is 1. The molecule has 0 spiro atoms. The molecule has 2 aromatic heterocycles. The predicted octanol–water partition coefficient (Wildman–Crippen LogP) is 2.93. The molecule has 24 heavy (non-hydrogen) atoms. The van der Waals surface area contributed by atoms with Gasteiger partial charge in [-0.25, -0.2) is 0 Å². The van der Waals surface area contributed by atoms with E-state index in [9.17, 15) is 8.42 Å². The Hall–Kier alpha value is -2.06. The Labute approximate surface area is 145 Å². The maximum absolute atomic E-state index is 12.0. The van der Waals surface area contributed by atoms with E-state index in [-0.39, 0.29) is 13.1 Å². The molecule has 0 saturated carbocycles. The summed E-state index contributed by atoms with van der Waals surface area (Å²) in [7, 11) is -3.54. The van der Waals surface area contributed by atoms with Crippen molar-refractivity contribution in [2.24, 2.45) is 0 Å². The van der Waals surface area contributed by atoms with Crippen LogP contribution < -0.4 is 9.44 Å². The average Bonchev–Trinajstić information content (AvgIpc) is 3.09. The van der Waals surface area contributed by atoms with Crippen LogP contribution in [0.1, 0.15) is 10.4 Å². The Morgan fingerprint density at radius 3 is 2.38 bits per heavy atom. The Morgan fingerprint density at radius 2 is 1.62 bits per heavy atom. The number of pyridine rings is 1. The molecule has 1 aromatic carbocycles. The topological polar surface area (TPSA) is 71.1 Å². The lowest BCUT2D eigenvalue weighted by Gasteiger charge is -2.07. The molecule has 7 heteroatoms. The van der Waals surface area contributed by atoms with Crippen molar-refractivity contribution in [3.8, 4) is 10.6 Å². The average molecular weight is 359 g/mol. The van der Waals surface area contributed by atoms with Gasteiger partial charge in [-0.15, -0.1) is 11.3 Å². The molecule has 0 amide bonds. The molecule has 0 unspecified atom stereocenters. The minimum Gasteiger partial charge on any atom is -0.255 e. The van der Waals surface area contributed by atoms with Crippen LogP contribution >= 0.6 is 11.3 Å². The molecule has 124 valence electrons. The molecule has 0 radical (unpaired) electrons. The number of benzene rings is 1. The highest BCUT2D eigenvalue weighted by Gasteiger charge is 2.10. The van der Waals surface area contributed by atoms with E-state index in [0.29, 0.717) is 0 Å². The zero-order chi connectivity index (χ0) is 16.8. The van der Waals surface area contributed by atoms with Gasteiger partial charge in [-0.05, 0) is 29.8 Å². The van der Waals surface area contributed by atoms with Crippen molar-refractivity contribution in [2.45, 2.75) is 13.1 Å². The summed E-state index contributed by atoms with van der Waals surface area (Å²) in [6.45, 7) is 0.515. The summed E-state index contributed by atoms with van der Waals surface area (Å²) in [5, 5.41) is 0. The van der Waals surface area contributed by atoms with E-state index in [0.717, 1.165) is 21.0 Å². The molecule has 3 aromatic rings. The van der Waals surface area contributed by atoms with E-state index in [4.69, 9.17) is 0 Å². The third-order valence-electron chi connectivity index (χ3n) is 3.32. The smallest absolute Gasteiger partial charge is 0.255 e. The van der Waals surface area contributed by atoms with Gasteiger partial charge in [-0.1, -0.05) is 36.4 Å². The van der Waals surface area contributed by atoms with Gasteiger partial charge >= 0.3 is 0 Å². The molecule has 2 heterocycles. The summed E-state index contributed by atoms with van der Waals surface area (Å²) in [6.07, 6.45) is 1.74. The van der Waals surface area contributed by atoms with Crippen molar-refractivity contribution in [3.05, 3.63) is 77.3 Å². The van der Waals surface area contributed by atoms with Crippen LogP contribution in [0.25, 0.3) is 10.6 Å². The maximum atomic E-state index is 12.0. The minimum absolute atomic E-state index is 0.252. The first-order chi connectivity index (χ1) is 11.6. The fraction of sp³-hybridized carbons (Fsp3) is 0.118. The van der Waals surface area contributed by atoms with Gasteiger partial charge in [-0.3, -0.25) is 4.98 Å². The minimum atomic E-state index is -3.54. The molecule has 0 aliphatic rings. The van der Waals surface area contributed by atoms with E-state index in [1.54, 1.807) is 6.20 Å². The summed E-state index contributed by atoms with van der Waals surface area (Å²) in [5.74, 6) is 0. The quantitative estimate of drug-likeness (QED) is 0.681. The highest BCUT2D eigenvalue weighted by molar-refractivity contribution is 7.87. The standard InChI is InChI=1S/C17H17N3O2S2/c21-24(22,19-12-14-6-2-1-3-7-14)20-13-15-9-10-17(23-15)16-8-4-5-11-18-16/h1-11,19-20H,12-13H2. The van der Waals surface area contributed by atoms with E-state index in [2.05, 4.69) is 14.4 Å². The van der Waals surface area contributed by atoms with Crippen LogP contribution in [0.3, 0.4) is 0 Å². The van der Waals surface area contributed by atoms with Crippen LogP contribution in [-0.2, 0) is 23.3 Å². The molecule has 0 atom stereocenters. The predicted molar refractivity (Wildman–Crippen MR) is 96.6 cm³/mol. The van der Waals surface area contributed by atoms with Gasteiger partial charge in [-0.2, -0.15) is 17.9 Å². The van der Waals surface area contributed by atoms with Crippen LogP contribution in [0.2, 0.25) is 0 Å². The van der Waals surface area contributed by atoms with Crippen molar-refractivity contribution in [2.75, 3.05) is 0 Å². The van der Waals surface area contributed by atoms with Crippen molar-refractivity contribution in [3.63, 3.8) is 0 Å². The lowest BCUT2D eigenvalue weighted by molar-refractivity contribution is 0.566. The molecule has 0 aliphatic carbocycles. The van der Waals surface area contributed by atoms with Gasteiger partial charge in [0.1, 0.15) is 0 Å². The molecule has 3 rings (SSSR count). The van der Waals surface area contributed by atoms with Gasteiger partial charge in [0.25, 0.3) is 10.2 Å². The fourth-order valence-electron chi connectivity index (χ4n) is 2.11. The van der Waals surface area contributed by atoms with E-state index in [1.807, 2.05) is 60.7 Å². The molecule has 5 nitrogen and oxygen atoms in total. The second-order valence-electron chi connectivity index (χ2n) is 5.11. The number of hydrogen-bond donors (Lipinski definition) is 2. The summed E-state index contributed by atoms with van der Waals surface area (Å²) in [4.78, 5) is 6.24. The lowest BCUT2D eigenvalue weighted by atomic mass is 10.2. The molecule has 0 aliphatic heterocycles. The first-order valence-electron chi connectivity index (χ1n) is 7.41. The Bertz CT molecular complexity index is 878.